The average molecular weight is 196 g/mol. The lowest BCUT2D eigenvalue weighted by molar-refractivity contribution is 0.107. The number of anilines is 1. The Morgan fingerprint density at radius 3 is 3.21 bits per heavy atom. The van der Waals surface area contributed by atoms with Gasteiger partial charge in [-0.2, -0.15) is 4.98 Å². The number of hydrogen-bond acceptors (Lipinski definition) is 4. The van der Waals surface area contributed by atoms with Crippen LogP contribution in [0.2, 0.25) is 0 Å². The summed E-state index contributed by atoms with van der Waals surface area (Å²) >= 11 is 0. The number of aromatic nitrogens is 1. The number of nitrogens with one attached hydrogen (secondary N) is 1. The standard InChI is InChI=1S/C10H16N2O2/c1-8-7-14-10(12-8)11-5-4-9-3-2-6-13-9/h7,9H,2-6H2,1H3,(H,11,12). The average Bonchev–Trinajstić information content (AvgIpc) is 2.77. The van der Waals surface area contributed by atoms with Crippen molar-refractivity contribution in [2.45, 2.75) is 32.3 Å². The highest BCUT2D eigenvalue weighted by Crippen LogP contribution is 2.15. The molecule has 0 spiro atoms. The van der Waals surface area contributed by atoms with Crippen LogP contribution in [0, 0.1) is 6.92 Å². The predicted octanol–water partition coefficient (Wildman–Crippen LogP) is 1.96. The third-order valence-corrected chi connectivity index (χ3v) is 2.39. The van der Waals surface area contributed by atoms with E-state index in [4.69, 9.17) is 9.15 Å². The molecule has 1 aliphatic rings. The molecular formula is C10H16N2O2. The number of nitrogens with zero attached hydrogens (tertiary/aromatic N) is 1. The second-order valence-electron chi connectivity index (χ2n) is 3.64. The van der Waals surface area contributed by atoms with Crippen LogP contribution in [-0.2, 0) is 4.74 Å². The SMILES string of the molecule is Cc1coc(NCCC2CCCO2)n1. The van der Waals surface area contributed by atoms with Crippen LogP contribution in [0.5, 0.6) is 0 Å². The zero-order valence-corrected chi connectivity index (χ0v) is 8.45. The van der Waals surface area contributed by atoms with Crippen molar-refractivity contribution in [1.82, 2.24) is 4.98 Å². The van der Waals surface area contributed by atoms with Crippen molar-refractivity contribution in [2.75, 3.05) is 18.5 Å². The van der Waals surface area contributed by atoms with E-state index >= 15 is 0 Å². The molecule has 0 saturated carbocycles. The Morgan fingerprint density at radius 1 is 1.64 bits per heavy atom. The van der Waals surface area contributed by atoms with Crippen molar-refractivity contribution in [3.05, 3.63) is 12.0 Å². The summed E-state index contributed by atoms with van der Waals surface area (Å²) in [5, 5.41) is 3.13. The van der Waals surface area contributed by atoms with Crippen molar-refractivity contribution < 1.29 is 9.15 Å². The lowest BCUT2D eigenvalue weighted by Gasteiger charge is -2.08. The molecule has 1 aromatic rings. The molecule has 0 amide bonds. The van der Waals surface area contributed by atoms with E-state index in [9.17, 15) is 0 Å². The van der Waals surface area contributed by atoms with Crippen LogP contribution >= 0.6 is 0 Å². The normalized spacial score (nSPS) is 21.4. The summed E-state index contributed by atoms with van der Waals surface area (Å²) in [5.41, 5.74) is 0.907. The number of oxazole rings is 1. The summed E-state index contributed by atoms with van der Waals surface area (Å²) in [7, 11) is 0. The third kappa shape index (κ3) is 2.48. The van der Waals surface area contributed by atoms with Gasteiger partial charge in [0.15, 0.2) is 0 Å². The van der Waals surface area contributed by atoms with Gasteiger partial charge >= 0.3 is 0 Å². The molecule has 4 heteroatoms. The largest absolute Gasteiger partial charge is 0.432 e. The summed E-state index contributed by atoms with van der Waals surface area (Å²) < 4.78 is 10.7. The van der Waals surface area contributed by atoms with Gasteiger partial charge in [-0.05, 0) is 26.2 Å². The van der Waals surface area contributed by atoms with E-state index in [1.54, 1.807) is 6.26 Å². The Kier molecular flexibility index (Phi) is 3.03. The van der Waals surface area contributed by atoms with Crippen molar-refractivity contribution in [2.24, 2.45) is 0 Å². The van der Waals surface area contributed by atoms with Crippen LogP contribution in [0.15, 0.2) is 10.7 Å². The zero-order chi connectivity index (χ0) is 9.80. The molecule has 1 unspecified atom stereocenters. The van der Waals surface area contributed by atoms with E-state index in [1.165, 1.54) is 12.8 Å². The van der Waals surface area contributed by atoms with Crippen LogP contribution in [0.1, 0.15) is 25.0 Å². The molecule has 1 fully saturated rings. The van der Waals surface area contributed by atoms with E-state index in [2.05, 4.69) is 10.3 Å². The van der Waals surface area contributed by atoms with Crippen molar-refractivity contribution >= 4 is 6.01 Å². The summed E-state index contributed by atoms with van der Waals surface area (Å²) in [5.74, 6) is 0. The van der Waals surface area contributed by atoms with Gasteiger partial charge in [-0.15, -0.1) is 0 Å². The molecule has 0 aliphatic carbocycles. The molecule has 78 valence electrons. The first kappa shape index (κ1) is 9.52. The maximum Gasteiger partial charge on any atom is 0.294 e. The Morgan fingerprint density at radius 2 is 2.57 bits per heavy atom. The summed E-state index contributed by atoms with van der Waals surface area (Å²) in [6, 6.07) is 0.612. The first-order valence-electron chi connectivity index (χ1n) is 5.12. The van der Waals surface area contributed by atoms with Gasteiger partial charge in [0.25, 0.3) is 6.01 Å². The molecule has 0 aromatic carbocycles. The number of rotatable bonds is 4. The molecular weight excluding hydrogens is 180 g/mol. The molecule has 1 atom stereocenters. The fourth-order valence-electron chi connectivity index (χ4n) is 1.65. The second-order valence-corrected chi connectivity index (χ2v) is 3.64. The highest BCUT2D eigenvalue weighted by Gasteiger charge is 2.14. The molecule has 2 rings (SSSR count). The van der Waals surface area contributed by atoms with Crippen molar-refractivity contribution in [3.63, 3.8) is 0 Å². The maximum absolute atomic E-state index is 5.51. The molecule has 0 bridgehead atoms. The van der Waals surface area contributed by atoms with Gasteiger partial charge in [-0.1, -0.05) is 0 Å². The number of ether oxygens (including phenoxy) is 1. The van der Waals surface area contributed by atoms with Gasteiger partial charge in [0, 0.05) is 13.2 Å². The van der Waals surface area contributed by atoms with Crippen LogP contribution in [-0.4, -0.2) is 24.2 Å². The molecule has 1 aliphatic heterocycles. The van der Waals surface area contributed by atoms with Gasteiger partial charge in [0.05, 0.1) is 11.8 Å². The van der Waals surface area contributed by atoms with E-state index in [-0.39, 0.29) is 0 Å². The molecule has 2 heterocycles. The summed E-state index contributed by atoms with van der Waals surface area (Å²) in [6.45, 7) is 3.70. The summed E-state index contributed by atoms with van der Waals surface area (Å²) in [4.78, 5) is 4.16. The van der Waals surface area contributed by atoms with E-state index in [0.29, 0.717) is 12.1 Å². The van der Waals surface area contributed by atoms with Crippen LogP contribution < -0.4 is 5.32 Å². The first-order chi connectivity index (χ1) is 6.84. The molecule has 0 radical (unpaired) electrons. The molecule has 1 N–H and O–H groups in total. The van der Waals surface area contributed by atoms with Crippen molar-refractivity contribution in [3.8, 4) is 0 Å². The zero-order valence-electron chi connectivity index (χ0n) is 8.45. The van der Waals surface area contributed by atoms with E-state index < -0.39 is 0 Å². The highest BCUT2D eigenvalue weighted by molar-refractivity contribution is 5.20. The lowest BCUT2D eigenvalue weighted by Crippen LogP contribution is -2.12. The Balaban J connectivity index is 1.67. The fourth-order valence-corrected chi connectivity index (χ4v) is 1.65. The maximum atomic E-state index is 5.51. The van der Waals surface area contributed by atoms with Crippen LogP contribution in [0.3, 0.4) is 0 Å². The quantitative estimate of drug-likeness (QED) is 0.799. The Bertz CT molecular complexity index is 279. The smallest absolute Gasteiger partial charge is 0.294 e. The minimum Gasteiger partial charge on any atom is -0.432 e. The fraction of sp³-hybridized carbons (Fsp3) is 0.700. The van der Waals surface area contributed by atoms with Crippen LogP contribution in [0.25, 0.3) is 0 Å². The Labute approximate surface area is 83.7 Å². The Hall–Kier alpha value is -1.03. The van der Waals surface area contributed by atoms with E-state index in [0.717, 1.165) is 25.3 Å². The van der Waals surface area contributed by atoms with Crippen LogP contribution in [0.4, 0.5) is 6.01 Å². The predicted molar refractivity (Wildman–Crippen MR) is 53.3 cm³/mol. The molecule has 1 saturated heterocycles. The van der Waals surface area contributed by atoms with E-state index in [1.807, 2.05) is 6.92 Å². The number of hydrogen-bond donors (Lipinski definition) is 1. The van der Waals surface area contributed by atoms with Crippen molar-refractivity contribution in [1.29, 1.82) is 0 Å². The number of aryl methyl sites for hydroxylation is 1. The highest BCUT2D eigenvalue weighted by atomic mass is 16.5. The minimum absolute atomic E-state index is 0.429. The molecule has 14 heavy (non-hydrogen) atoms. The van der Waals surface area contributed by atoms with Gasteiger partial charge < -0.3 is 14.5 Å². The second kappa shape index (κ2) is 4.46. The monoisotopic (exact) mass is 196 g/mol. The lowest BCUT2D eigenvalue weighted by atomic mass is 10.2. The summed E-state index contributed by atoms with van der Waals surface area (Å²) in [6.07, 6.45) is 5.49. The molecule has 1 aromatic heterocycles. The van der Waals surface area contributed by atoms with Gasteiger partial charge in [-0.25, -0.2) is 0 Å². The van der Waals surface area contributed by atoms with Gasteiger partial charge in [0.2, 0.25) is 0 Å². The van der Waals surface area contributed by atoms with Gasteiger partial charge in [0.1, 0.15) is 6.26 Å². The third-order valence-electron chi connectivity index (χ3n) is 2.39. The molecule has 4 nitrogen and oxygen atoms in total. The first-order valence-corrected chi connectivity index (χ1v) is 5.12. The topological polar surface area (TPSA) is 47.3 Å². The minimum atomic E-state index is 0.429. The van der Waals surface area contributed by atoms with Gasteiger partial charge in [-0.3, -0.25) is 0 Å².